The predicted octanol–water partition coefficient (Wildman–Crippen LogP) is 3.04. The summed E-state index contributed by atoms with van der Waals surface area (Å²) < 4.78 is 38.9. The van der Waals surface area contributed by atoms with E-state index in [0.29, 0.717) is 12.2 Å². The van der Waals surface area contributed by atoms with Crippen LogP contribution in [0.3, 0.4) is 0 Å². The van der Waals surface area contributed by atoms with Crippen molar-refractivity contribution in [3.63, 3.8) is 0 Å². The van der Waals surface area contributed by atoms with Crippen molar-refractivity contribution < 1.29 is 18.0 Å². The first-order chi connectivity index (χ1) is 7.61. The Morgan fingerprint density at radius 3 is 2.62 bits per heavy atom. The highest BCUT2D eigenvalue weighted by molar-refractivity contribution is 7.99. The average Bonchev–Trinajstić information content (AvgIpc) is 2.79. The maximum atomic E-state index is 13.3. The SMILES string of the molecule is O=C(c1ccc(F)c(F)c1F)C1CCSC1. The summed E-state index contributed by atoms with van der Waals surface area (Å²) in [5.74, 6) is -3.45. The number of rotatable bonds is 2. The molecule has 0 spiro atoms. The Morgan fingerprint density at radius 1 is 1.25 bits per heavy atom. The summed E-state index contributed by atoms with van der Waals surface area (Å²) in [7, 11) is 0. The molecule has 0 N–H and O–H groups in total. The van der Waals surface area contributed by atoms with Crippen molar-refractivity contribution in [2.24, 2.45) is 5.92 Å². The van der Waals surface area contributed by atoms with Gasteiger partial charge in [-0.1, -0.05) is 0 Å². The molecule has 1 aromatic carbocycles. The lowest BCUT2D eigenvalue weighted by Crippen LogP contribution is -2.16. The van der Waals surface area contributed by atoms with Gasteiger partial charge in [-0.2, -0.15) is 11.8 Å². The van der Waals surface area contributed by atoms with E-state index >= 15 is 0 Å². The summed E-state index contributed by atoms with van der Waals surface area (Å²) in [5, 5.41) is 0. The number of carbonyl (C=O) groups is 1. The molecule has 1 heterocycles. The van der Waals surface area contributed by atoms with E-state index in [0.717, 1.165) is 17.9 Å². The predicted molar refractivity (Wildman–Crippen MR) is 56.1 cm³/mol. The van der Waals surface area contributed by atoms with Gasteiger partial charge in [-0.25, -0.2) is 13.2 Å². The second-order valence-electron chi connectivity index (χ2n) is 3.65. The summed E-state index contributed by atoms with van der Waals surface area (Å²) in [4.78, 5) is 11.8. The van der Waals surface area contributed by atoms with Crippen LogP contribution in [0.2, 0.25) is 0 Å². The minimum atomic E-state index is -1.57. The molecule has 1 saturated heterocycles. The normalized spacial score (nSPS) is 20.1. The van der Waals surface area contributed by atoms with Crippen molar-refractivity contribution in [1.29, 1.82) is 0 Å². The molecular weight excluding hydrogens is 237 g/mol. The van der Waals surface area contributed by atoms with Crippen LogP contribution in [0.4, 0.5) is 13.2 Å². The summed E-state index contributed by atoms with van der Waals surface area (Å²) in [6.45, 7) is 0. The number of Topliss-reactive ketones (excluding diaryl/α,β-unsaturated/α-hetero) is 1. The number of halogens is 3. The molecule has 1 aliphatic rings. The molecule has 0 aliphatic carbocycles. The second-order valence-corrected chi connectivity index (χ2v) is 4.80. The monoisotopic (exact) mass is 246 g/mol. The van der Waals surface area contributed by atoms with Crippen LogP contribution in [-0.2, 0) is 0 Å². The van der Waals surface area contributed by atoms with Gasteiger partial charge in [0, 0.05) is 11.7 Å². The molecule has 1 aromatic rings. The van der Waals surface area contributed by atoms with Crippen LogP contribution in [-0.4, -0.2) is 17.3 Å². The van der Waals surface area contributed by atoms with Gasteiger partial charge >= 0.3 is 0 Å². The van der Waals surface area contributed by atoms with Gasteiger partial charge < -0.3 is 0 Å². The molecule has 2 rings (SSSR count). The van der Waals surface area contributed by atoms with Crippen LogP contribution >= 0.6 is 11.8 Å². The first-order valence-electron chi connectivity index (χ1n) is 4.86. The number of benzene rings is 1. The summed E-state index contributed by atoms with van der Waals surface area (Å²) in [6.07, 6.45) is 0.669. The number of thioether (sulfide) groups is 1. The molecule has 1 atom stereocenters. The van der Waals surface area contributed by atoms with Crippen molar-refractivity contribution in [1.82, 2.24) is 0 Å². The first-order valence-corrected chi connectivity index (χ1v) is 6.02. The number of ketones is 1. The smallest absolute Gasteiger partial charge is 0.195 e. The molecule has 1 fully saturated rings. The van der Waals surface area contributed by atoms with Crippen molar-refractivity contribution in [2.45, 2.75) is 6.42 Å². The van der Waals surface area contributed by atoms with Crippen LogP contribution in [0.5, 0.6) is 0 Å². The summed E-state index contributed by atoms with van der Waals surface area (Å²) >= 11 is 1.61. The van der Waals surface area contributed by atoms with E-state index in [1.54, 1.807) is 11.8 Å². The largest absolute Gasteiger partial charge is 0.294 e. The molecule has 1 aliphatic heterocycles. The minimum absolute atomic E-state index is 0.274. The van der Waals surface area contributed by atoms with Crippen molar-refractivity contribution in [3.8, 4) is 0 Å². The quantitative estimate of drug-likeness (QED) is 0.589. The third kappa shape index (κ3) is 1.96. The fourth-order valence-corrected chi connectivity index (χ4v) is 2.90. The van der Waals surface area contributed by atoms with Crippen LogP contribution in [0, 0.1) is 23.4 Å². The highest BCUT2D eigenvalue weighted by atomic mass is 32.2. The number of hydrogen-bond donors (Lipinski definition) is 0. The molecule has 0 amide bonds. The minimum Gasteiger partial charge on any atom is -0.294 e. The maximum Gasteiger partial charge on any atom is 0.195 e. The number of carbonyl (C=O) groups excluding carboxylic acids is 1. The molecule has 16 heavy (non-hydrogen) atoms. The fraction of sp³-hybridized carbons (Fsp3) is 0.364. The topological polar surface area (TPSA) is 17.1 Å². The Kier molecular flexibility index (Phi) is 3.23. The molecule has 0 aromatic heterocycles. The lowest BCUT2D eigenvalue weighted by Gasteiger charge is -2.08. The molecule has 5 heteroatoms. The Labute approximate surface area is 95.0 Å². The van der Waals surface area contributed by atoms with Crippen molar-refractivity contribution in [3.05, 3.63) is 35.1 Å². The van der Waals surface area contributed by atoms with Gasteiger partial charge in [0.25, 0.3) is 0 Å². The van der Waals surface area contributed by atoms with Crippen LogP contribution in [0.25, 0.3) is 0 Å². The zero-order valence-electron chi connectivity index (χ0n) is 8.30. The van der Waals surface area contributed by atoms with E-state index in [9.17, 15) is 18.0 Å². The molecule has 0 bridgehead atoms. The zero-order chi connectivity index (χ0) is 11.7. The maximum absolute atomic E-state index is 13.3. The highest BCUT2D eigenvalue weighted by Gasteiger charge is 2.28. The van der Waals surface area contributed by atoms with E-state index in [4.69, 9.17) is 0 Å². The van der Waals surface area contributed by atoms with E-state index in [1.165, 1.54) is 0 Å². The van der Waals surface area contributed by atoms with Crippen LogP contribution < -0.4 is 0 Å². The van der Waals surface area contributed by atoms with Gasteiger partial charge in [0.05, 0.1) is 5.56 Å². The highest BCUT2D eigenvalue weighted by Crippen LogP contribution is 2.28. The van der Waals surface area contributed by atoms with Crippen LogP contribution in [0.15, 0.2) is 12.1 Å². The molecule has 0 saturated carbocycles. The zero-order valence-corrected chi connectivity index (χ0v) is 9.12. The Bertz CT molecular complexity index is 427. The lowest BCUT2D eigenvalue weighted by molar-refractivity contribution is 0.0928. The molecule has 86 valence electrons. The summed E-state index contributed by atoms with van der Waals surface area (Å²) in [6, 6.07) is 1.80. The van der Waals surface area contributed by atoms with E-state index < -0.39 is 23.2 Å². The molecule has 1 unspecified atom stereocenters. The Hall–Kier alpha value is -0.970. The summed E-state index contributed by atoms with van der Waals surface area (Å²) in [5.41, 5.74) is -0.341. The van der Waals surface area contributed by atoms with Gasteiger partial charge in [-0.15, -0.1) is 0 Å². The van der Waals surface area contributed by atoms with Gasteiger partial charge in [-0.3, -0.25) is 4.79 Å². The molecule has 1 nitrogen and oxygen atoms in total. The van der Waals surface area contributed by atoms with Gasteiger partial charge in [0.1, 0.15) is 0 Å². The number of hydrogen-bond acceptors (Lipinski definition) is 2. The third-order valence-corrected chi connectivity index (χ3v) is 3.76. The van der Waals surface area contributed by atoms with Crippen molar-refractivity contribution >= 4 is 17.5 Å². The average molecular weight is 246 g/mol. The van der Waals surface area contributed by atoms with E-state index in [2.05, 4.69) is 0 Å². The molecule has 0 radical (unpaired) electrons. The van der Waals surface area contributed by atoms with Gasteiger partial charge in [-0.05, 0) is 24.3 Å². The Balaban J connectivity index is 2.33. The third-order valence-electron chi connectivity index (χ3n) is 2.60. The van der Waals surface area contributed by atoms with Gasteiger partial charge in [0.15, 0.2) is 23.2 Å². The Morgan fingerprint density at radius 2 is 2.00 bits per heavy atom. The van der Waals surface area contributed by atoms with E-state index in [-0.39, 0.29) is 11.5 Å². The fourth-order valence-electron chi connectivity index (χ4n) is 1.68. The standard InChI is InChI=1S/C11H9F3OS/c12-8-2-1-7(9(13)10(8)14)11(15)6-3-4-16-5-6/h1-2,6H,3-5H2. The second kappa shape index (κ2) is 4.49. The van der Waals surface area contributed by atoms with E-state index in [1.807, 2.05) is 0 Å². The van der Waals surface area contributed by atoms with Crippen LogP contribution in [0.1, 0.15) is 16.8 Å². The van der Waals surface area contributed by atoms with Gasteiger partial charge in [0.2, 0.25) is 0 Å². The van der Waals surface area contributed by atoms with Crippen molar-refractivity contribution in [2.75, 3.05) is 11.5 Å². The molecular formula is C11H9F3OS. The lowest BCUT2D eigenvalue weighted by atomic mass is 9.96. The first kappa shape index (κ1) is 11.5.